The van der Waals surface area contributed by atoms with Crippen LogP contribution in [0.15, 0.2) is 53.5 Å². The maximum atomic E-state index is 14.3. The van der Waals surface area contributed by atoms with E-state index < -0.39 is 131 Å². The van der Waals surface area contributed by atoms with Gasteiger partial charge in [-0.2, -0.15) is 0 Å². The zero-order valence-electron chi connectivity index (χ0n) is 44.4. The van der Waals surface area contributed by atoms with Crippen LogP contribution in [0.1, 0.15) is 122 Å². The summed E-state index contributed by atoms with van der Waals surface area (Å²) in [6.07, 6.45) is 1.09. The van der Waals surface area contributed by atoms with E-state index in [4.69, 9.17) is 22.9 Å². The second-order valence-corrected chi connectivity index (χ2v) is 18.7. The van der Waals surface area contributed by atoms with E-state index in [0.29, 0.717) is 31.2 Å². The molecule has 0 saturated carbocycles. The molecule has 0 radical (unpaired) electrons. The summed E-state index contributed by atoms with van der Waals surface area (Å²) in [6.45, 7) is 9.68. The van der Waals surface area contributed by atoms with Gasteiger partial charge in [-0.3, -0.25) is 63.1 Å². The SMILES string of the molecule is CCCC[C@H](NC(=O)[C@H](C)NC(=O)[C@H](CCC(=O)O)NC(=O)[C@H](Cc1ccc([N+](=O)[O-])cc1)NC(=O)[C@H](CCCC)NC(=O)[C@@H](NC(=O)[C@H](CCCN=C(N)N)NC(=O)[C@H](C)NC(=O)c1ccccc1N)C(C)C)C(N)=O. The molecule has 0 bridgehead atoms. The van der Waals surface area contributed by atoms with Gasteiger partial charge in [-0.15, -0.1) is 0 Å². The van der Waals surface area contributed by atoms with Crippen LogP contribution in [0.2, 0.25) is 0 Å². The maximum absolute atomic E-state index is 14.3. The summed E-state index contributed by atoms with van der Waals surface area (Å²) in [6, 6.07) is 0.502. The second-order valence-electron chi connectivity index (χ2n) is 18.7. The van der Waals surface area contributed by atoms with E-state index in [9.17, 15) is 63.2 Å². The van der Waals surface area contributed by atoms with E-state index in [1.165, 1.54) is 50.2 Å². The summed E-state index contributed by atoms with van der Waals surface area (Å²) in [5.74, 6) is -9.72. The molecule has 17 N–H and O–H groups in total. The number of primary amides is 1. The van der Waals surface area contributed by atoms with Crippen molar-refractivity contribution in [2.45, 2.75) is 161 Å². The Balaban J connectivity index is 2.46. The van der Waals surface area contributed by atoms with E-state index in [2.05, 4.69) is 47.5 Å². The molecule has 2 aromatic carbocycles. The van der Waals surface area contributed by atoms with Crippen LogP contribution in [0.3, 0.4) is 0 Å². The molecule has 2 rings (SSSR count). The molecule has 27 heteroatoms. The maximum Gasteiger partial charge on any atom is 0.303 e. The van der Waals surface area contributed by atoms with Crippen molar-refractivity contribution in [3.63, 3.8) is 0 Å². The van der Waals surface area contributed by atoms with Gasteiger partial charge in [-0.1, -0.05) is 77.6 Å². The summed E-state index contributed by atoms with van der Waals surface area (Å²) in [7, 11) is 0. The highest BCUT2D eigenvalue weighted by molar-refractivity contribution is 6.02. The number of guanidine groups is 1. The molecule has 0 unspecified atom stereocenters. The number of aliphatic imine (C=N–C) groups is 1. The van der Waals surface area contributed by atoms with Crippen LogP contribution in [-0.2, 0) is 49.6 Å². The van der Waals surface area contributed by atoms with Gasteiger partial charge in [0.25, 0.3) is 11.6 Å². The van der Waals surface area contributed by atoms with E-state index in [-0.39, 0.29) is 61.5 Å². The quantitative estimate of drug-likeness (QED) is 0.0104. The number of nitrogens with zero attached hydrogens (tertiary/aromatic N) is 2. The number of unbranched alkanes of at least 4 members (excludes halogenated alkanes) is 2. The molecule has 0 spiro atoms. The number of anilines is 1. The number of nitro benzene ring substituents is 1. The van der Waals surface area contributed by atoms with Crippen molar-refractivity contribution in [1.29, 1.82) is 0 Å². The predicted octanol–water partition coefficient (Wildman–Crippen LogP) is -0.608. The molecule has 0 aliphatic carbocycles. The highest BCUT2D eigenvalue weighted by Gasteiger charge is 2.35. The van der Waals surface area contributed by atoms with E-state index in [0.717, 1.165) is 0 Å². The lowest BCUT2D eigenvalue weighted by atomic mass is 10.00. The van der Waals surface area contributed by atoms with Gasteiger partial charge in [0.05, 0.1) is 10.5 Å². The molecular weight excluding hydrogens is 1000 g/mol. The van der Waals surface area contributed by atoms with Crippen LogP contribution in [-0.4, -0.2) is 130 Å². The number of non-ortho nitro benzene ring substituents is 1. The average Bonchev–Trinajstić information content (AvgIpc) is 3.36. The highest BCUT2D eigenvalue weighted by Crippen LogP contribution is 2.16. The first-order valence-corrected chi connectivity index (χ1v) is 25.4. The van der Waals surface area contributed by atoms with E-state index in [1.54, 1.807) is 26.0 Å². The van der Waals surface area contributed by atoms with Gasteiger partial charge < -0.3 is 70.6 Å². The Morgan fingerprint density at radius 1 is 0.584 bits per heavy atom. The van der Waals surface area contributed by atoms with Crippen LogP contribution >= 0.6 is 0 Å². The van der Waals surface area contributed by atoms with Crippen LogP contribution < -0.4 is 65.5 Å². The summed E-state index contributed by atoms with van der Waals surface area (Å²) >= 11 is 0. The number of carbonyl (C=O) groups excluding carboxylic acids is 9. The number of carboxylic acid groups (broad SMARTS) is 1. The van der Waals surface area contributed by atoms with Crippen molar-refractivity contribution in [3.8, 4) is 0 Å². The van der Waals surface area contributed by atoms with Crippen LogP contribution in [0.4, 0.5) is 11.4 Å². The number of carbonyl (C=O) groups is 10. The molecule has 27 nitrogen and oxygen atoms in total. The predicted molar refractivity (Wildman–Crippen MR) is 284 cm³/mol. The minimum atomic E-state index is -1.61. The van der Waals surface area contributed by atoms with Crippen molar-refractivity contribution in [2.24, 2.45) is 28.1 Å². The van der Waals surface area contributed by atoms with Crippen molar-refractivity contribution < 1.29 is 58.0 Å². The van der Waals surface area contributed by atoms with Gasteiger partial charge in [0.1, 0.15) is 48.3 Å². The number of benzene rings is 2. The first kappa shape index (κ1) is 64.7. The number of hydrogen-bond donors (Lipinski definition) is 13. The standard InChI is InChI=1S/C50H76N14O13/c1-7-9-16-34(41(52)67)58-42(68)29(6)57-45(71)37(23-24-39(65)66)60-48(74)38(26-30-19-21-31(22-20-30)64(76)77)62-46(72)35(17-10-8-2)61-49(75)40(27(3)4)63-47(73)36(18-13-25-55-50(53)54)59-43(69)28(5)56-44(70)32-14-11-12-15-33(32)51/h11-12,14-15,19-22,27-29,34-38,40H,7-10,13,16-18,23-26,51H2,1-6H3,(H2,52,67)(H,56,70)(H,57,71)(H,58,68)(H,59,69)(H,60,74)(H,61,75)(H,62,72)(H,63,73)(H,65,66)(H4,53,54,55)/t28-,29-,34-,35-,36-,37-,38-,40-/m0/s1. The fourth-order valence-electron chi connectivity index (χ4n) is 7.49. The minimum Gasteiger partial charge on any atom is -0.481 e. The molecule has 8 atom stereocenters. The number of hydrogen-bond acceptors (Lipinski definition) is 14. The number of nitro groups is 1. The van der Waals surface area contributed by atoms with Crippen molar-refractivity contribution in [3.05, 3.63) is 69.8 Å². The summed E-state index contributed by atoms with van der Waals surface area (Å²) in [5, 5.41) is 41.4. The molecule has 0 aliphatic rings. The number of nitrogen functional groups attached to an aromatic ring is 1. The zero-order valence-corrected chi connectivity index (χ0v) is 44.4. The molecule has 0 aromatic heterocycles. The van der Waals surface area contributed by atoms with Crippen LogP contribution in [0.25, 0.3) is 0 Å². The Hall–Kier alpha value is -8.39. The fourth-order valence-corrected chi connectivity index (χ4v) is 7.49. The number of nitrogens with one attached hydrogen (secondary N) is 8. The Labute approximate surface area is 446 Å². The van der Waals surface area contributed by atoms with Gasteiger partial charge in [0.2, 0.25) is 47.3 Å². The van der Waals surface area contributed by atoms with Crippen molar-refractivity contribution in [1.82, 2.24) is 42.5 Å². The fraction of sp³-hybridized carbons (Fsp3) is 0.540. The Kier molecular flexibility index (Phi) is 27.6. The normalized spacial score (nSPS) is 14.0. The molecule has 0 saturated heterocycles. The highest BCUT2D eigenvalue weighted by atomic mass is 16.6. The first-order valence-electron chi connectivity index (χ1n) is 25.4. The molecule has 77 heavy (non-hydrogen) atoms. The van der Waals surface area contributed by atoms with Gasteiger partial charge in [-0.05, 0) is 69.6 Å². The molecule has 0 fully saturated rings. The lowest BCUT2D eigenvalue weighted by Gasteiger charge is -2.29. The average molecular weight is 1080 g/mol. The Morgan fingerprint density at radius 2 is 1.05 bits per heavy atom. The second kappa shape index (κ2) is 32.8. The van der Waals surface area contributed by atoms with Crippen LogP contribution in [0, 0.1) is 16.0 Å². The van der Waals surface area contributed by atoms with Gasteiger partial charge in [0.15, 0.2) is 5.96 Å². The largest absolute Gasteiger partial charge is 0.481 e. The van der Waals surface area contributed by atoms with Gasteiger partial charge >= 0.3 is 5.97 Å². The third-order valence-corrected chi connectivity index (χ3v) is 12.0. The van der Waals surface area contributed by atoms with Gasteiger partial charge in [-0.25, -0.2) is 0 Å². The number of nitrogens with two attached hydrogens (primary N) is 4. The van der Waals surface area contributed by atoms with Gasteiger partial charge in [0, 0.05) is 37.2 Å². The topological polar surface area (TPSA) is 447 Å². The smallest absolute Gasteiger partial charge is 0.303 e. The van der Waals surface area contributed by atoms with Crippen LogP contribution in [0.5, 0.6) is 0 Å². The monoisotopic (exact) mass is 1080 g/mol. The lowest BCUT2D eigenvalue weighted by Crippen LogP contribution is -2.61. The molecule has 2 aromatic rings. The number of rotatable bonds is 34. The Morgan fingerprint density at radius 3 is 1.58 bits per heavy atom. The van der Waals surface area contributed by atoms with E-state index >= 15 is 0 Å². The zero-order chi connectivity index (χ0) is 57.9. The molecule has 0 aliphatic heterocycles. The van der Waals surface area contributed by atoms with E-state index in [1.807, 2.05) is 13.8 Å². The lowest BCUT2D eigenvalue weighted by molar-refractivity contribution is -0.384. The number of aliphatic carboxylic acids is 1. The molecular formula is C50H76N14O13. The minimum absolute atomic E-state index is 0.0130. The summed E-state index contributed by atoms with van der Waals surface area (Å²) in [5.41, 5.74) is 22.6. The molecule has 0 heterocycles. The molecule has 424 valence electrons. The molecule has 9 amide bonds. The number of carboxylic acids is 1. The number of para-hydroxylation sites is 1. The number of amides is 9. The van der Waals surface area contributed by atoms with Crippen molar-refractivity contribution in [2.75, 3.05) is 12.3 Å². The third kappa shape index (κ3) is 23.0. The summed E-state index contributed by atoms with van der Waals surface area (Å²) in [4.78, 5) is 148. The van der Waals surface area contributed by atoms with Crippen molar-refractivity contribution >= 4 is 76.5 Å². The first-order chi connectivity index (χ1) is 36.3. The Bertz CT molecular complexity index is 2420. The summed E-state index contributed by atoms with van der Waals surface area (Å²) < 4.78 is 0. The third-order valence-electron chi connectivity index (χ3n) is 12.0.